The molecule has 0 aliphatic carbocycles. The number of anilines is 1. The summed E-state index contributed by atoms with van der Waals surface area (Å²) >= 11 is 0. The molecule has 7 heteroatoms. The summed E-state index contributed by atoms with van der Waals surface area (Å²) in [7, 11) is 0. The van der Waals surface area contributed by atoms with Crippen LogP contribution in [0.2, 0.25) is 0 Å². The quantitative estimate of drug-likeness (QED) is 0.572. The molecule has 3 aromatic heterocycles. The minimum Gasteiger partial charge on any atom is -0.326 e. The van der Waals surface area contributed by atoms with Gasteiger partial charge >= 0.3 is 0 Å². The van der Waals surface area contributed by atoms with E-state index < -0.39 is 0 Å². The van der Waals surface area contributed by atoms with Gasteiger partial charge in [-0.2, -0.15) is 0 Å². The fraction of sp³-hybridized carbons (Fsp3) is 0.150. The standard InChI is InChI=1S/C20H20N6O/c1-2-25-12-16(15-6-4-3-5-7-15)23-20(25)24-19(27)17-13-26-11-14(10-21)8-9-18(26)22-17/h3-9,11-13H,2,10,21H2,1H3,(H,23,24,27). The number of carbonyl (C=O) groups is 1. The van der Waals surface area contributed by atoms with Crippen LogP contribution in [0.3, 0.4) is 0 Å². The number of amides is 1. The predicted octanol–water partition coefficient (Wildman–Crippen LogP) is 2.93. The van der Waals surface area contributed by atoms with Crippen LogP contribution in [0.1, 0.15) is 23.0 Å². The summed E-state index contributed by atoms with van der Waals surface area (Å²) < 4.78 is 3.71. The predicted molar refractivity (Wildman–Crippen MR) is 104 cm³/mol. The Hall–Kier alpha value is -3.45. The van der Waals surface area contributed by atoms with E-state index in [1.165, 1.54) is 0 Å². The summed E-state index contributed by atoms with van der Waals surface area (Å²) in [6.45, 7) is 3.14. The van der Waals surface area contributed by atoms with Crippen LogP contribution < -0.4 is 11.1 Å². The van der Waals surface area contributed by atoms with Crippen molar-refractivity contribution in [2.75, 3.05) is 5.32 Å². The Labute approximate surface area is 156 Å². The van der Waals surface area contributed by atoms with Crippen LogP contribution in [0, 0.1) is 0 Å². The van der Waals surface area contributed by atoms with E-state index >= 15 is 0 Å². The van der Waals surface area contributed by atoms with E-state index in [1.807, 2.05) is 66.3 Å². The first kappa shape index (κ1) is 17.0. The highest BCUT2D eigenvalue weighted by atomic mass is 16.2. The highest BCUT2D eigenvalue weighted by Crippen LogP contribution is 2.21. The lowest BCUT2D eigenvalue weighted by molar-refractivity contribution is 0.102. The summed E-state index contributed by atoms with van der Waals surface area (Å²) in [6.07, 6.45) is 5.50. The van der Waals surface area contributed by atoms with Crippen molar-refractivity contribution >= 4 is 17.5 Å². The zero-order valence-electron chi connectivity index (χ0n) is 15.0. The topological polar surface area (TPSA) is 90.2 Å². The second-order valence-corrected chi connectivity index (χ2v) is 6.19. The molecule has 1 amide bonds. The monoisotopic (exact) mass is 360 g/mol. The Morgan fingerprint density at radius 2 is 1.89 bits per heavy atom. The SMILES string of the molecule is CCn1cc(-c2ccccc2)nc1NC(=O)c1cn2cc(CN)ccc2n1. The van der Waals surface area contributed by atoms with Crippen molar-refractivity contribution in [2.45, 2.75) is 20.0 Å². The van der Waals surface area contributed by atoms with Crippen molar-refractivity contribution in [1.82, 2.24) is 18.9 Å². The summed E-state index contributed by atoms with van der Waals surface area (Å²) in [6, 6.07) is 13.6. The zero-order chi connectivity index (χ0) is 18.8. The molecule has 27 heavy (non-hydrogen) atoms. The number of aromatic nitrogens is 4. The average Bonchev–Trinajstić information content (AvgIpc) is 3.31. The Morgan fingerprint density at radius 1 is 1.07 bits per heavy atom. The summed E-state index contributed by atoms with van der Waals surface area (Å²) in [5.74, 6) is 0.203. The third kappa shape index (κ3) is 3.32. The van der Waals surface area contributed by atoms with Crippen molar-refractivity contribution in [1.29, 1.82) is 0 Å². The molecule has 0 saturated carbocycles. The maximum atomic E-state index is 12.7. The summed E-state index contributed by atoms with van der Waals surface area (Å²) in [4.78, 5) is 21.6. The highest BCUT2D eigenvalue weighted by Gasteiger charge is 2.15. The van der Waals surface area contributed by atoms with E-state index in [0.717, 1.165) is 16.8 Å². The van der Waals surface area contributed by atoms with Crippen LogP contribution in [0.15, 0.2) is 61.1 Å². The van der Waals surface area contributed by atoms with Gasteiger partial charge in [-0.15, -0.1) is 0 Å². The van der Waals surface area contributed by atoms with Gasteiger partial charge in [0.15, 0.2) is 0 Å². The highest BCUT2D eigenvalue weighted by molar-refractivity contribution is 6.02. The molecule has 0 atom stereocenters. The fourth-order valence-corrected chi connectivity index (χ4v) is 2.94. The number of fused-ring (bicyclic) bond motifs is 1. The fourth-order valence-electron chi connectivity index (χ4n) is 2.94. The number of benzene rings is 1. The zero-order valence-corrected chi connectivity index (χ0v) is 15.0. The van der Waals surface area contributed by atoms with Crippen LogP contribution in [-0.4, -0.2) is 24.8 Å². The number of hydrogen-bond donors (Lipinski definition) is 2. The molecule has 0 aliphatic rings. The molecule has 0 bridgehead atoms. The number of rotatable bonds is 5. The lowest BCUT2D eigenvalue weighted by Gasteiger charge is -2.04. The molecule has 0 spiro atoms. The third-order valence-electron chi connectivity index (χ3n) is 4.39. The first-order valence-corrected chi connectivity index (χ1v) is 8.79. The van der Waals surface area contributed by atoms with Crippen molar-refractivity contribution in [3.63, 3.8) is 0 Å². The van der Waals surface area contributed by atoms with Gasteiger partial charge in [0.25, 0.3) is 5.91 Å². The van der Waals surface area contributed by atoms with E-state index in [2.05, 4.69) is 15.3 Å². The number of nitrogens with two attached hydrogens (primary N) is 1. The second kappa shape index (κ2) is 7.05. The van der Waals surface area contributed by atoms with Gasteiger partial charge in [-0.3, -0.25) is 10.1 Å². The van der Waals surface area contributed by atoms with Crippen LogP contribution in [0.25, 0.3) is 16.9 Å². The van der Waals surface area contributed by atoms with E-state index in [-0.39, 0.29) is 5.91 Å². The number of imidazole rings is 2. The Bertz CT molecular complexity index is 1100. The molecule has 4 aromatic rings. The molecule has 1 aromatic carbocycles. The maximum absolute atomic E-state index is 12.7. The molecule has 0 radical (unpaired) electrons. The van der Waals surface area contributed by atoms with Gasteiger partial charge in [-0.25, -0.2) is 9.97 Å². The number of aryl methyl sites for hydroxylation is 1. The molecule has 3 N–H and O–H groups in total. The van der Waals surface area contributed by atoms with Crippen molar-refractivity contribution in [2.24, 2.45) is 5.73 Å². The molecular formula is C20H20N6O. The summed E-state index contributed by atoms with van der Waals surface area (Å²) in [5, 5.41) is 2.87. The van der Waals surface area contributed by atoms with Crippen LogP contribution in [0.5, 0.6) is 0 Å². The van der Waals surface area contributed by atoms with E-state index in [1.54, 1.807) is 10.6 Å². The number of pyridine rings is 1. The first-order valence-electron chi connectivity index (χ1n) is 8.79. The van der Waals surface area contributed by atoms with Crippen molar-refractivity contribution in [3.05, 3.63) is 72.3 Å². The minimum atomic E-state index is -0.298. The van der Waals surface area contributed by atoms with Gasteiger partial charge < -0.3 is 14.7 Å². The Kier molecular flexibility index (Phi) is 4.43. The number of carbonyl (C=O) groups excluding carboxylic acids is 1. The van der Waals surface area contributed by atoms with Crippen molar-refractivity contribution < 1.29 is 4.79 Å². The maximum Gasteiger partial charge on any atom is 0.278 e. The average molecular weight is 360 g/mol. The van der Waals surface area contributed by atoms with Gasteiger partial charge in [0.1, 0.15) is 11.3 Å². The molecular weight excluding hydrogens is 340 g/mol. The lowest BCUT2D eigenvalue weighted by atomic mass is 10.2. The van der Waals surface area contributed by atoms with Crippen molar-refractivity contribution in [3.8, 4) is 11.3 Å². The van der Waals surface area contributed by atoms with E-state index in [0.29, 0.717) is 30.4 Å². The van der Waals surface area contributed by atoms with Crippen LogP contribution in [0.4, 0.5) is 5.95 Å². The van der Waals surface area contributed by atoms with Gasteiger partial charge in [-0.05, 0) is 18.6 Å². The summed E-state index contributed by atoms with van der Waals surface area (Å²) in [5.41, 5.74) is 9.48. The van der Waals surface area contributed by atoms with Crippen LogP contribution in [-0.2, 0) is 13.1 Å². The number of nitrogens with one attached hydrogen (secondary N) is 1. The first-order chi connectivity index (χ1) is 13.2. The van der Waals surface area contributed by atoms with Gasteiger partial charge in [0, 0.05) is 37.2 Å². The molecule has 0 aliphatic heterocycles. The molecule has 0 saturated heterocycles. The molecule has 7 nitrogen and oxygen atoms in total. The smallest absolute Gasteiger partial charge is 0.278 e. The van der Waals surface area contributed by atoms with Gasteiger partial charge in [0.05, 0.1) is 5.69 Å². The Balaban J connectivity index is 1.62. The number of nitrogens with zero attached hydrogens (tertiary/aromatic N) is 4. The van der Waals surface area contributed by atoms with Gasteiger partial charge in [0.2, 0.25) is 5.95 Å². The van der Waals surface area contributed by atoms with Crippen LogP contribution >= 0.6 is 0 Å². The minimum absolute atomic E-state index is 0.298. The third-order valence-corrected chi connectivity index (χ3v) is 4.39. The van der Waals surface area contributed by atoms with Gasteiger partial charge in [-0.1, -0.05) is 36.4 Å². The molecule has 136 valence electrons. The molecule has 3 heterocycles. The second-order valence-electron chi connectivity index (χ2n) is 6.19. The largest absolute Gasteiger partial charge is 0.326 e. The molecule has 4 rings (SSSR count). The molecule has 0 fully saturated rings. The Morgan fingerprint density at radius 3 is 2.63 bits per heavy atom. The molecule has 0 unspecified atom stereocenters. The number of hydrogen-bond acceptors (Lipinski definition) is 4. The lowest BCUT2D eigenvalue weighted by Crippen LogP contribution is -2.16. The van der Waals surface area contributed by atoms with E-state index in [9.17, 15) is 4.79 Å². The van der Waals surface area contributed by atoms with E-state index in [4.69, 9.17) is 5.73 Å². The normalized spacial score (nSPS) is 11.0.